The summed E-state index contributed by atoms with van der Waals surface area (Å²) < 4.78 is 0. The summed E-state index contributed by atoms with van der Waals surface area (Å²) in [5, 5.41) is 6.21. The molecule has 138 valence electrons. The monoisotopic (exact) mass is 352 g/mol. The molecule has 0 radical (unpaired) electrons. The summed E-state index contributed by atoms with van der Waals surface area (Å²) in [6.45, 7) is 5.08. The lowest BCUT2D eigenvalue weighted by atomic mass is 9.82. The van der Waals surface area contributed by atoms with Gasteiger partial charge in [0.2, 0.25) is 5.91 Å². The summed E-state index contributed by atoms with van der Waals surface area (Å²) in [6.07, 6.45) is 10.8. The average molecular weight is 352 g/mol. The van der Waals surface area contributed by atoms with Crippen molar-refractivity contribution in [3.63, 3.8) is 0 Å². The third-order valence-corrected chi connectivity index (χ3v) is 5.30. The van der Waals surface area contributed by atoms with E-state index in [9.17, 15) is 4.79 Å². The molecule has 0 aromatic heterocycles. The zero-order valence-corrected chi connectivity index (χ0v) is 15.5. The van der Waals surface area contributed by atoms with Crippen LogP contribution in [-0.2, 0) is 4.79 Å². The van der Waals surface area contributed by atoms with E-state index in [1.165, 1.54) is 25.7 Å². The molecular weight excluding hydrogens is 324 g/mol. The molecule has 1 amide bonds. The average Bonchev–Trinajstić information content (AvgIpc) is 3.09. The SMILES string of the molecule is C#Cc1cccc(NC(=O)CN=C(NCC)N2CC3CCCCC3C2)c1. The van der Waals surface area contributed by atoms with Crippen molar-refractivity contribution >= 4 is 17.6 Å². The molecule has 1 aliphatic heterocycles. The van der Waals surface area contributed by atoms with Gasteiger partial charge in [0.1, 0.15) is 6.54 Å². The lowest BCUT2D eigenvalue weighted by molar-refractivity contribution is -0.114. The van der Waals surface area contributed by atoms with Gasteiger partial charge in [0.05, 0.1) is 0 Å². The van der Waals surface area contributed by atoms with E-state index in [1.807, 2.05) is 18.2 Å². The molecule has 5 heteroatoms. The van der Waals surface area contributed by atoms with Gasteiger partial charge in [-0.2, -0.15) is 0 Å². The van der Waals surface area contributed by atoms with E-state index in [0.29, 0.717) is 5.69 Å². The minimum absolute atomic E-state index is 0.106. The second-order valence-corrected chi connectivity index (χ2v) is 7.15. The maximum atomic E-state index is 12.3. The van der Waals surface area contributed by atoms with Crippen molar-refractivity contribution in [2.24, 2.45) is 16.8 Å². The molecule has 1 aliphatic carbocycles. The fourth-order valence-electron chi connectivity index (χ4n) is 4.04. The highest BCUT2D eigenvalue weighted by atomic mass is 16.1. The van der Waals surface area contributed by atoms with Gasteiger partial charge in [-0.3, -0.25) is 4.79 Å². The number of nitrogens with zero attached hydrogens (tertiary/aromatic N) is 2. The van der Waals surface area contributed by atoms with Crippen LogP contribution in [0, 0.1) is 24.2 Å². The molecule has 1 heterocycles. The number of terminal acetylenes is 1. The molecule has 3 rings (SSSR count). The molecule has 1 saturated heterocycles. The van der Waals surface area contributed by atoms with E-state index < -0.39 is 0 Å². The summed E-state index contributed by atoms with van der Waals surface area (Å²) in [4.78, 5) is 19.2. The van der Waals surface area contributed by atoms with Crippen LogP contribution < -0.4 is 10.6 Å². The smallest absolute Gasteiger partial charge is 0.246 e. The van der Waals surface area contributed by atoms with Crippen LogP contribution in [0.15, 0.2) is 29.3 Å². The number of hydrogen-bond acceptors (Lipinski definition) is 2. The Bertz CT molecular complexity index is 692. The van der Waals surface area contributed by atoms with Gasteiger partial charge >= 0.3 is 0 Å². The predicted molar refractivity (Wildman–Crippen MR) is 106 cm³/mol. The number of guanidine groups is 1. The van der Waals surface area contributed by atoms with Crippen molar-refractivity contribution in [3.05, 3.63) is 29.8 Å². The van der Waals surface area contributed by atoms with Crippen LogP contribution in [-0.4, -0.2) is 42.9 Å². The lowest BCUT2D eigenvalue weighted by Gasteiger charge is -2.22. The molecule has 1 aromatic carbocycles. The second kappa shape index (κ2) is 8.75. The van der Waals surface area contributed by atoms with Crippen LogP contribution in [0.3, 0.4) is 0 Å². The summed E-state index contributed by atoms with van der Waals surface area (Å²) in [7, 11) is 0. The second-order valence-electron chi connectivity index (χ2n) is 7.15. The molecule has 26 heavy (non-hydrogen) atoms. The number of anilines is 1. The number of nitrogens with one attached hydrogen (secondary N) is 2. The van der Waals surface area contributed by atoms with Crippen LogP contribution in [0.1, 0.15) is 38.2 Å². The number of amides is 1. The van der Waals surface area contributed by atoms with Crippen molar-refractivity contribution in [1.82, 2.24) is 10.2 Å². The number of hydrogen-bond donors (Lipinski definition) is 2. The van der Waals surface area contributed by atoms with Gasteiger partial charge in [-0.15, -0.1) is 6.42 Å². The summed E-state index contributed by atoms with van der Waals surface area (Å²) in [5.41, 5.74) is 1.46. The first-order chi connectivity index (χ1) is 12.7. The van der Waals surface area contributed by atoms with Crippen LogP contribution in [0.5, 0.6) is 0 Å². The number of fused-ring (bicyclic) bond motifs is 1. The minimum Gasteiger partial charge on any atom is -0.357 e. The maximum Gasteiger partial charge on any atom is 0.246 e. The number of carbonyl (C=O) groups excluding carboxylic acids is 1. The highest BCUT2D eigenvalue weighted by molar-refractivity contribution is 5.94. The molecule has 5 nitrogen and oxygen atoms in total. The van der Waals surface area contributed by atoms with Gasteiger partial charge in [0.25, 0.3) is 0 Å². The Hall–Kier alpha value is -2.48. The largest absolute Gasteiger partial charge is 0.357 e. The van der Waals surface area contributed by atoms with Crippen LogP contribution in [0.4, 0.5) is 5.69 Å². The van der Waals surface area contributed by atoms with Gasteiger partial charge in [-0.05, 0) is 49.8 Å². The quantitative estimate of drug-likeness (QED) is 0.498. The van der Waals surface area contributed by atoms with E-state index in [0.717, 1.165) is 43.0 Å². The number of likely N-dealkylation sites (tertiary alicyclic amines) is 1. The molecule has 1 saturated carbocycles. The lowest BCUT2D eigenvalue weighted by Crippen LogP contribution is -2.40. The van der Waals surface area contributed by atoms with Crippen LogP contribution >= 0.6 is 0 Å². The van der Waals surface area contributed by atoms with E-state index in [4.69, 9.17) is 6.42 Å². The van der Waals surface area contributed by atoms with Gasteiger partial charge in [-0.1, -0.05) is 24.8 Å². The Kier molecular flexibility index (Phi) is 6.17. The number of benzene rings is 1. The van der Waals surface area contributed by atoms with Gasteiger partial charge in [0.15, 0.2) is 5.96 Å². The molecule has 2 atom stereocenters. The Morgan fingerprint density at radius 3 is 2.69 bits per heavy atom. The highest BCUT2D eigenvalue weighted by Crippen LogP contribution is 2.35. The van der Waals surface area contributed by atoms with Crippen molar-refractivity contribution in [1.29, 1.82) is 0 Å². The maximum absolute atomic E-state index is 12.3. The fourth-order valence-corrected chi connectivity index (χ4v) is 4.04. The van der Waals surface area contributed by atoms with Crippen LogP contribution in [0.2, 0.25) is 0 Å². The Morgan fingerprint density at radius 2 is 2.04 bits per heavy atom. The first-order valence-corrected chi connectivity index (χ1v) is 9.59. The molecule has 2 N–H and O–H groups in total. The van der Waals surface area contributed by atoms with E-state index in [-0.39, 0.29) is 12.5 Å². The molecule has 2 unspecified atom stereocenters. The topological polar surface area (TPSA) is 56.7 Å². The third-order valence-electron chi connectivity index (χ3n) is 5.30. The number of rotatable bonds is 4. The van der Waals surface area contributed by atoms with Crippen molar-refractivity contribution in [3.8, 4) is 12.3 Å². The zero-order chi connectivity index (χ0) is 18.4. The minimum atomic E-state index is -0.133. The zero-order valence-electron chi connectivity index (χ0n) is 15.5. The Labute approximate surface area is 156 Å². The van der Waals surface area contributed by atoms with Gasteiger partial charge < -0.3 is 15.5 Å². The molecule has 1 aromatic rings. The Morgan fingerprint density at radius 1 is 1.31 bits per heavy atom. The number of aliphatic imine (C=N–C) groups is 1. The molecule has 2 fully saturated rings. The van der Waals surface area contributed by atoms with Crippen LogP contribution in [0.25, 0.3) is 0 Å². The van der Waals surface area contributed by atoms with Crippen molar-refractivity contribution < 1.29 is 4.79 Å². The molecule has 0 bridgehead atoms. The van der Waals surface area contributed by atoms with Gasteiger partial charge in [-0.25, -0.2) is 4.99 Å². The molecule has 2 aliphatic rings. The third kappa shape index (κ3) is 4.57. The first kappa shape index (κ1) is 18.3. The molecule has 0 spiro atoms. The normalized spacial score (nSPS) is 22.5. The van der Waals surface area contributed by atoms with E-state index in [2.05, 4.69) is 33.4 Å². The first-order valence-electron chi connectivity index (χ1n) is 9.59. The number of carbonyl (C=O) groups is 1. The molecular formula is C21H28N4O. The standard InChI is InChI=1S/C21H28N4O/c1-3-16-8-7-11-19(12-16)24-20(26)13-23-21(22-4-2)25-14-17-9-5-6-10-18(17)15-25/h1,7-8,11-12,17-18H,4-6,9-10,13-15H2,2H3,(H,22,23)(H,24,26). The fraction of sp³-hybridized carbons (Fsp3) is 0.524. The summed E-state index contributed by atoms with van der Waals surface area (Å²) >= 11 is 0. The van der Waals surface area contributed by atoms with Crippen molar-refractivity contribution in [2.45, 2.75) is 32.6 Å². The Balaban J connectivity index is 1.60. The van der Waals surface area contributed by atoms with E-state index >= 15 is 0 Å². The summed E-state index contributed by atoms with van der Waals surface area (Å²) in [5.74, 6) is 4.87. The van der Waals surface area contributed by atoms with E-state index in [1.54, 1.807) is 6.07 Å². The highest BCUT2D eigenvalue weighted by Gasteiger charge is 2.35. The van der Waals surface area contributed by atoms with Gasteiger partial charge in [0, 0.05) is 30.9 Å². The predicted octanol–water partition coefficient (Wildman–Crippen LogP) is 2.69. The van der Waals surface area contributed by atoms with Crippen molar-refractivity contribution in [2.75, 3.05) is 31.5 Å². The summed E-state index contributed by atoms with van der Waals surface area (Å²) in [6, 6.07) is 7.30.